The number of unbranched alkanes of at least 4 members (excludes halogenated alkanes) is 2. The minimum Gasteiger partial charge on any atom is -0.396 e. The summed E-state index contributed by atoms with van der Waals surface area (Å²) in [7, 11) is 0. The average Bonchev–Trinajstić information content (AvgIpc) is 2.36. The number of aliphatic hydroxyl groups is 1. The van der Waals surface area contributed by atoms with Crippen LogP contribution in [-0.4, -0.2) is 34.0 Å². The Balaban J connectivity index is 2.84. The lowest BCUT2D eigenvalue weighted by molar-refractivity contribution is -0.112. The molecule has 20 heavy (non-hydrogen) atoms. The fourth-order valence-corrected chi connectivity index (χ4v) is 1.62. The van der Waals surface area contributed by atoms with E-state index in [-0.39, 0.29) is 18.0 Å². The molecule has 0 unspecified atom stereocenters. The van der Waals surface area contributed by atoms with Crippen LogP contribution in [0.15, 0.2) is 15.7 Å². The molecule has 110 valence electrons. The number of allylic oxidation sites excluding steroid dienone is 1. The minimum atomic E-state index is -0.604. The van der Waals surface area contributed by atoms with E-state index >= 15 is 0 Å². The zero-order valence-electron chi connectivity index (χ0n) is 11.4. The van der Waals surface area contributed by atoms with Gasteiger partial charge in [0.15, 0.2) is 5.78 Å². The number of aromatic amines is 2. The lowest BCUT2D eigenvalue weighted by atomic mass is 10.2. The van der Waals surface area contributed by atoms with Crippen molar-refractivity contribution in [2.75, 3.05) is 18.5 Å². The Morgan fingerprint density at radius 2 is 2.00 bits per heavy atom. The van der Waals surface area contributed by atoms with Crippen molar-refractivity contribution in [3.05, 3.63) is 32.5 Å². The summed E-state index contributed by atoms with van der Waals surface area (Å²) in [4.78, 5) is 38.5. The summed E-state index contributed by atoms with van der Waals surface area (Å²) >= 11 is 0. The Kier molecular flexibility index (Phi) is 6.45. The van der Waals surface area contributed by atoms with Gasteiger partial charge in [0.05, 0.1) is 5.56 Å². The molecular formula is C13H19N3O4. The average molecular weight is 281 g/mol. The number of anilines is 1. The largest absolute Gasteiger partial charge is 0.396 e. The third kappa shape index (κ3) is 5.23. The summed E-state index contributed by atoms with van der Waals surface area (Å²) in [6, 6.07) is 0. The summed E-state index contributed by atoms with van der Waals surface area (Å²) in [5, 5.41) is 11.6. The van der Waals surface area contributed by atoms with E-state index < -0.39 is 11.2 Å². The van der Waals surface area contributed by atoms with Crippen molar-refractivity contribution in [3.63, 3.8) is 0 Å². The zero-order chi connectivity index (χ0) is 15.0. The first kappa shape index (κ1) is 15.9. The standard InChI is InChI=1S/C13H19N3O4/c1-9(18)5-6-10-11(14-7-3-2-4-8-17)15-13(20)16-12(10)19/h5-6,17H,2-4,7-8H2,1H3,(H3,14,15,16,19,20)/b6-5+. The van der Waals surface area contributed by atoms with Crippen molar-refractivity contribution in [1.82, 2.24) is 9.97 Å². The minimum absolute atomic E-state index is 0.147. The molecule has 0 fully saturated rings. The molecule has 0 bridgehead atoms. The molecule has 0 aliphatic heterocycles. The highest BCUT2D eigenvalue weighted by Gasteiger charge is 2.06. The van der Waals surface area contributed by atoms with Gasteiger partial charge < -0.3 is 10.4 Å². The number of carbonyl (C=O) groups is 1. The van der Waals surface area contributed by atoms with Crippen molar-refractivity contribution in [2.45, 2.75) is 26.2 Å². The van der Waals surface area contributed by atoms with E-state index in [0.29, 0.717) is 18.8 Å². The van der Waals surface area contributed by atoms with Crippen LogP contribution >= 0.6 is 0 Å². The van der Waals surface area contributed by atoms with Crippen LogP contribution in [-0.2, 0) is 4.79 Å². The lowest BCUT2D eigenvalue weighted by Crippen LogP contribution is -2.26. The summed E-state index contributed by atoms with van der Waals surface area (Å²) in [5.74, 6) is 0.102. The van der Waals surface area contributed by atoms with Gasteiger partial charge in [0.2, 0.25) is 0 Å². The predicted molar refractivity (Wildman–Crippen MR) is 76.8 cm³/mol. The van der Waals surface area contributed by atoms with Crippen LogP contribution in [0.5, 0.6) is 0 Å². The van der Waals surface area contributed by atoms with E-state index in [4.69, 9.17) is 5.11 Å². The smallest absolute Gasteiger partial charge is 0.327 e. The molecule has 7 nitrogen and oxygen atoms in total. The van der Waals surface area contributed by atoms with Crippen molar-refractivity contribution in [1.29, 1.82) is 0 Å². The first-order valence-electron chi connectivity index (χ1n) is 6.44. The number of hydrogen-bond donors (Lipinski definition) is 4. The number of hydrogen-bond acceptors (Lipinski definition) is 5. The van der Waals surface area contributed by atoms with Gasteiger partial charge in [0, 0.05) is 13.2 Å². The van der Waals surface area contributed by atoms with Crippen LogP contribution in [0.2, 0.25) is 0 Å². The van der Waals surface area contributed by atoms with Gasteiger partial charge in [-0.3, -0.25) is 19.6 Å². The maximum Gasteiger partial charge on any atom is 0.327 e. The molecule has 0 aromatic carbocycles. The Labute approximate surface area is 115 Å². The third-order valence-corrected chi connectivity index (χ3v) is 2.60. The van der Waals surface area contributed by atoms with E-state index in [2.05, 4.69) is 15.3 Å². The van der Waals surface area contributed by atoms with Gasteiger partial charge >= 0.3 is 5.69 Å². The van der Waals surface area contributed by atoms with E-state index in [0.717, 1.165) is 12.8 Å². The number of nitrogens with one attached hydrogen (secondary N) is 3. The van der Waals surface area contributed by atoms with Crippen LogP contribution in [0.3, 0.4) is 0 Å². The summed E-state index contributed by atoms with van der Waals surface area (Å²) in [6.45, 7) is 2.08. The van der Waals surface area contributed by atoms with E-state index in [1.807, 2.05) is 0 Å². The molecule has 0 aliphatic rings. The Hall–Kier alpha value is -2.15. The Morgan fingerprint density at radius 3 is 2.65 bits per heavy atom. The molecule has 1 aromatic heterocycles. The molecule has 0 radical (unpaired) electrons. The topological polar surface area (TPSA) is 115 Å². The zero-order valence-corrected chi connectivity index (χ0v) is 11.4. The van der Waals surface area contributed by atoms with Crippen LogP contribution in [0.4, 0.5) is 5.82 Å². The lowest BCUT2D eigenvalue weighted by Gasteiger charge is -2.08. The Morgan fingerprint density at radius 1 is 1.25 bits per heavy atom. The van der Waals surface area contributed by atoms with Crippen LogP contribution in [0, 0.1) is 0 Å². The van der Waals surface area contributed by atoms with Gasteiger partial charge in [0.1, 0.15) is 5.82 Å². The van der Waals surface area contributed by atoms with Gasteiger partial charge in [-0.15, -0.1) is 0 Å². The van der Waals surface area contributed by atoms with Gasteiger partial charge in [-0.25, -0.2) is 4.79 Å². The first-order valence-corrected chi connectivity index (χ1v) is 6.44. The summed E-state index contributed by atoms with van der Waals surface area (Å²) in [6.07, 6.45) is 4.98. The second kappa shape index (κ2) is 8.11. The Bertz CT molecular complexity index is 586. The molecule has 0 amide bonds. The van der Waals surface area contributed by atoms with Gasteiger partial charge in [0.25, 0.3) is 5.56 Å². The number of aromatic nitrogens is 2. The summed E-state index contributed by atoms with van der Waals surface area (Å²) in [5.41, 5.74) is -0.945. The van der Waals surface area contributed by atoms with Crippen LogP contribution < -0.4 is 16.6 Å². The van der Waals surface area contributed by atoms with Gasteiger partial charge in [-0.2, -0.15) is 0 Å². The molecular weight excluding hydrogens is 262 g/mol. The van der Waals surface area contributed by atoms with Crippen molar-refractivity contribution >= 4 is 17.7 Å². The number of carbonyl (C=O) groups excluding carboxylic acids is 1. The van der Waals surface area contributed by atoms with Gasteiger partial charge in [-0.05, 0) is 38.3 Å². The molecule has 0 saturated carbocycles. The highest BCUT2D eigenvalue weighted by Crippen LogP contribution is 2.07. The van der Waals surface area contributed by atoms with Crippen molar-refractivity contribution in [2.24, 2.45) is 0 Å². The van der Waals surface area contributed by atoms with Gasteiger partial charge in [-0.1, -0.05) is 0 Å². The third-order valence-electron chi connectivity index (χ3n) is 2.60. The highest BCUT2D eigenvalue weighted by atomic mass is 16.3. The second-order valence-electron chi connectivity index (χ2n) is 4.35. The summed E-state index contributed by atoms with van der Waals surface area (Å²) < 4.78 is 0. The van der Waals surface area contributed by atoms with Crippen molar-refractivity contribution < 1.29 is 9.90 Å². The molecule has 1 rings (SSSR count). The molecule has 0 aliphatic carbocycles. The number of rotatable bonds is 8. The molecule has 0 atom stereocenters. The van der Waals surface area contributed by atoms with Crippen LogP contribution in [0.1, 0.15) is 31.7 Å². The quantitative estimate of drug-likeness (QED) is 0.402. The first-order chi connectivity index (χ1) is 9.54. The second-order valence-corrected chi connectivity index (χ2v) is 4.35. The molecule has 0 saturated heterocycles. The maximum absolute atomic E-state index is 11.7. The normalized spacial score (nSPS) is 10.9. The number of H-pyrrole nitrogens is 2. The molecule has 4 N–H and O–H groups in total. The van der Waals surface area contributed by atoms with E-state index in [1.54, 1.807) is 0 Å². The monoisotopic (exact) mass is 281 g/mol. The number of aliphatic hydroxyl groups excluding tert-OH is 1. The molecule has 7 heteroatoms. The van der Waals surface area contributed by atoms with Crippen molar-refractivity contribution in [3.8, 4) is 0 Å². The molecule has 1 aromatic rings. The van der Waals surface area contributed by atoms with E-state index in [9.17, 15) is 14.4 Å². The molecule has 0 spiro atoms. The molecule has 1 heterocycles. The van der Waals surface area contributed by atoms with Crippen LogP contribution in [0.25, 0.3) is 6.08 Å². The highest BCUT2D eigenvalue weighted by molar-refractivity contribution is 5.92. The predicted octanol–water partition coefficient (Wildman–Crippen LogP) is 0.240. The SMILES string of the molecule is CC(=O)/C=C/c1c(NCCCCCO)[nH]c(=O)[nH]c1=O. The van der Waals surface area contributed by atoms with E-state index in [1.165, 1.54) is 19.1 Å². The fraction of sp³-hybridized carbons (Fsp3) is 0.462. The maximum atomic E-state index is 11.7. The number of ketones is 1. The fourth-order valence-electron chi connectivity index (χ4n) is 1.62.